The Morgan fingerprint density at radius 1 is 1.00 bits per heavy atom. The van der Waals surface area contributed by atoms with E-state index in [1.165, 1.54) is 51.5 Å². The predicted molar refractivity (Wildman–Crippen MR) is 96.4 cm³/mol. The average Bonchev–Trinajstić information content (AvgIpc) is 2.67. The maximum Gasteiger partial charge on any atom is 0.279 e. The lowest BCUT2D eigenvalue weighted by molar-refractivity contribution is -0.128. The molecule has 0 aliphatic heterocycles. The Balaban J connectivity index is 2.00. The number of rotatable bonds is 6. The molecule has 1 atom stereocenters. The molecule has 2 aromatic rings. The fourth-order valence-corrected chi connectivity index (χ4v) is 2.29. The molecule has 0 heterocycles. The van der Waals surface area contributed by atoms with Crippen molar-refractivity contribution >= 4 is 11.8 Å². The van der Waals surface area contributed by atoms with Crippen molar-refractivity contribution < 1.29 is 28.2 Å². The Bertz CT molecular complexity index is 816. The van der Waals surface area contributed by atoms with Crippen LogP contribution >= 0.6 is 0 Å². The number of ether oxygens (including phenoxy) is 3. The van der Waals surface area contributed by atoms with Crippen molar-refractivity contribution in [2.75, 3.05) is 14.2 Å². The van der Waals surface area contributed by atoms with Crippen LogP contribution in [0.4, 0.5) is 4.39 Å². The molecular formula is C19H21FN2O5. The molecule has 0 unspecified atom stereocenters. The molecule has 0 saturated carbocycles. The number of hydrogen-bond donors (Lipinski definition) is 2. The molecule has 2 N–H and O–H groups in total. The highest BCUT2D eigenvalue weighted by atomic mass is 19.1. The Morgan fingerprint density at radius 2 is 1.59 bits per heavy atom. The summed E-state index contributed by atoms with van der Waals surface area (Å²) >= 11 is 0. The Hall–Kier alpha value is -3.29. The van der Waals surface area contributed by atoms with Gasteiger partial charge in [0.1, 0.15) is 11.5 Å². The summed E-state index contributed by atoms with van der Waals surface area (Å²) in [7, 11) is 2.96. The number of benzene rings is 2. The monoisotopic (exact) mass is 376 g/mol. The van der Waals surface area contributed by atoms with Gasteiger partial charge in [0.2, 0.25) is 0 Å². The van der Waals surface area contributed by atoms with Crippen LogP contribution in [0.15, 0.2) is 36.4 Å². The first-order chi connectivity index (χ1) is 12.9. The molecule has 0 radical (unpaired) electrons. The maximum atomic E-state index is 13.6. The van der Waals surface area contributed by atoms with E-state index in [1.807, 2.05) is 0 Å². The van der Waals surface area contributed by atoms with Gasteiger partial charge in [-0.15, -0.1) is 0 Å². The molecule has 0 aromatic heterocycles. The van der Waals surface area contributed by atoms with Crippen molar-refractivity contribution in [2.45, 2.75) is 20.0 Å². The highest BCUT2D eigenvalue weighted by molar-refractivity contribution is 5.96. The van der Waals surface area contributed by atoms with E-state index >= 15 is 0 Å². The van der Waals surface area contributed by atoms with Crippen LogP contribution in [-0.2, 0) is 4.79 Å². The number of carbonyl (C=O) groups excluding carboxylic acids is 2. The molecule has 2 rings (SSSR count). The highest BCUT2D eigenvalue weighted by Gasteiger charge is 2.18. The summed E-state index contributed by atoms with van der Waals surface area (Å²) in [5.41, 5.74) is 5.50. The molecule has 0 spiro atoms. The van der Waals surface area contributed by atoms with Crippen LogP contribution in [0.25, 0.3) is 0 Å². The number of hydrogen-bond acceptors (Lipinski definition) is 5. The Morgan fingerprint density at radius 3 is 2.15 bits per heavy atom. The van der Waals surface area contributed by atoms with E-state index in [0.29, 0.717) is 11.5 Å². The minimum Gasteiger partial charge on any atom is -0.496 e. The number of para-hydroxylation sites is 1. The van der Waals surface area contributed by atoms with Gasteiger partial charge in [0.25, 0.3) is 11.8 Å². The summed E-state index contributed by atoms with van der Waals surface area (Å²) < 4.78 is 29.3. The molecule has 2 amide bonds. The summed E-state index contributed by atoms with van der Waals surface area (Å²) in [5.74, 6) is -0.903. The molecule has 0 aliphatic rings. The molecule has 0 saturated heterocycles. The lowest BCUT2D eigenvalue weighted by atomic mass is 10.1. The van der Waals surface area contributed by atoms with E-state index in [4.69, 9.17) is 14.2 Å². The Labute approximate surface area is 156 Å². The zero-order valence-corrected chi connectivity index (χ0v) is 15.5. The van der Waals surface area contributed by atoms with Crippen LogP contribution in [0.2, 0.25) is 0 Å². The normalized spacial score (nSPS) is 11.3. The van der Waals surface area contributed by atoms with Gasteiger partial charge in [-0.05, 0) is 38.1 Å². The van der Waals surface area contributed by atoms with Crippen molar-refractivity contribution in [3.05, 3.63) is 53.3 Å². The SMILES string of the molecule is COc1cc(C(=O)NNC(=O)[C@H](C)Oc2ccccc2F)cc(OC)c1C. The zero-order chi connectivity index (χ0) is 20.0. The predicted octanol–water partition coefficient (Wildman–Crippen LogP) is 2.38. The van der Waals surface area contributed by atoms with Gasteiger partial charge in [0.05, 0.1) is 14.2 Å². The number of hydrazine groups is 1. The largest absolute Gasteiger partial charge is 0.496 e. The fourth-order valence-electron chi connectivity index (χ4n) is 2.29. The van der Waals surface area contributed by atoms with Crippen LogP contribution in [0.5, 0.6) is 17.2 Å². The molecule has 144 valence electrons. The van der Waals surface area contributed by atoms with Gasteiger partial charge in [-0.3, -0.25) is 20.4 Å². The number of amides is 2. The summed E-state index contributed by atoms with van der Waals surface area (Å²) in [6.45, 7) is 3.23. The lowest BCUT2D eigenvalue weighted by Crippen LogP contribution is -2.47. The standard InChI is InChI=1S/C19H21FN2O5/c1-11-16(25-3)9-13(10-17(11)26-4)19(24)22-21-18(23)12(2)27-15-8-6-5-7-14(15)20/h5-10,12H,1-4H3,(H,21,23)(H,22,24)/t12-/m0/s1. The average molecular weight is 376 g/mol. The third-order valence-electron chi connectivity index (χ3n) is 3.82. The van der Waals surface area contributed by atoms with Gasteiger partial charge in [-0.25, -0.2) is 4.39 Å². The number of halogens is 1. The molecule has 2 aromatic carbocycles. The van der Waals surface area contributed by atoms with Crippen LogP contribution in [0.1, 0.15) is 22.8 Å². The number of nitrogens with one attached hydrogen (secondary N) is 2. The van der Waals surface area contributed by atoms with E-state index in [1.54, 1.807) is 13.0 Å². The third-order valence-corrected chi connectivity index (χ3v) is 3.82. The molecule has 0 fully saturated rings. The van der Waals surface area contributed by atoms with E-state index in [9.17, 15) is 14.0 Å². The van der Waals surface area contributed by atoms with Crippen LogP contribution < -0.4 is 25.1 Å². The molecule has 27 heavy (non-hydrogen) atoms. The second-order valence-corrected chi connectivity index (χ2v) is 5.64. The van der Waals surface area contributed by atoms with Crippen molar-refractivity contribution in [3.63, 3.8) is 0 Å². The van der Waals surface area contributed by atoms with Crippen LogP contribution in [0.3, 0.4) is 0 Å². The summed E-state index contributed by atoms with van der Waals surface area (Å²) in [4.78, 5) is 24.4. The van der Waals surface area contributed by atoms with Gasteiger partial charge >= 0.3 is 0 Å². The second-order valence-electron chi connectivity index (χ2n) is 5.64. The quantitative estimate of drug-likeness (QED) is 0.756. The number of methoxy groups -OCH3 is 2. The summed E-state index contributed by atoms with van der Waals surface area (Å²) in [6, 6.07) is 8.78. The van der Waals surface area contributed by atoms with Gasteiger partial charge in [0.15, 0.2) is 17.7 Å². The molecule has 8 heteroatoms. The van der Waals surface area contributed by atoms with Crippen molar-refractivity contribution in [2.24, 2.45) is 0 Å². The minimum absolute atomic E-state index is 0.0560. The lowest BCUT2D eigenvalue weighted by Gasteiger charge is -2.16. The summed E-state index contributed by atoms with van der Waals surface area (Å²) in [5, 5.41) is 0. The van der Waals surface area contributed by atoms with Crippen LogP contribution in [0, 0.1) is 12.7 Å². The van der Waals surface area contributed by atoms with Crippen molar-refractivity contribution in [3.8, 4) is 17.2 Å². The van der Waals surface area contributed by atoms with Gasteiger partial charge in [-0.2, -0.15) is 0 Å². The summed E-state index contributed by atoms with van der Waals surface area (Å²) in [6.07, 6.45) is -1.02. The van der Waals surface area contributed by atoms with Crippen molar-refractivity contribution in [1.29, 1.82) is 0 Å². The highest BCUT2D eigenvalue weighted by Crippen LogP contribution is 2.29. The van der Waals surface area contributed by atoms with E-state index in [2.05, 4.69) is 10.9 Å². The van der Waals surface area contributed by atoms with Gasteiger partial charge in [-0.1, -0.05) is 12.1 Å². The zero-order valence-electron chi connectivity index (χ0n) is 15.5. The van der Waals surface area contributed by atoms with Crippen LogP contribution in [-0.4, -0.2) is 32.1 Å². The van der Waals surface area contributed by atoms with E-state index in [-0.39, 0.29) is 11.3 Å². The smallest absolute Gasteiger partial charge is 0.279 e. The first-order valence-electron chi connectivity index (χ1n) is 8.11. The fraction of sp³-hybridized carbons (Fsp3) is 0.263. The first kappa shape index (κ1) is 20.0. The topological polar surface area (TPSA) is 85.9 Å². The number of carbonyl (C=O) groups is 2. The molecule has 7 nitrogen and oxygen atoms in total. The van der Waals surface area contributed by atoms with E-state index in [0.717, 1.165) is 5.56 Å². The molecule has 0 bridgehead atoms. The first-order valence-corrected chi connectivity index (χ1v) is 8.11. The second kappa shape index (κ2) is 8.88. The minimum atomic E-state index is -1.02. The molecule has 0 aliphatic carbocycles. The van der Waals surface area contributed by atoms with E-state index < -0.39 is 23.7 Å². The van der Waals surface area contributed by atoms with Crippen molar-refractivity contribution in [1.82, 2.24) is 10.9 Å². The molecular weight excluding hydrogens is 355 g/mol. The Kier molecular flexibility index (Phi) is 6.59. The third kappa shape index (κ3) is 4.87. The van der Waals surface area contributed by atoms with Gasteiger partial charge < -0.3 is 14.2 Å². The maximum absolute atomic E-state index is 13.6. The van der Waals surface area contributed by atoms with Gasteiger partial charge in [0, 0.05) is 11.1 Å².